The second-order valence-corrected chi connectivity index (χ2v) is 12.8. The van der Waals surface area contributed by atoms with Crippen LogP contribution in [0.2, 0.25) is 0 Å². The number of halogens is 3. The summed E-state index contributed by atoms with van der Waals surface area (Å²) in [5.41, 5.74) is -0.790. The van der Waals surface area contributed by atoms with Gasteiger partial charge in [-0.15, -0.1) is 0 Å². The lowest BCUT2D eigenvalue weighted by Gasteiger charge is -2.58. The first-order valence-electron chi connectivity index (χ1n) is 13.8. The van der Waals surface area contributed by atoms with Crippen molar-refractivity contribution in [1.82, 2.24) is 9.78 Å². The number of ketones is 1. The van der Waals surface area contributed by atoms with Gasteiger partial charge in [-0.3, -0.25) is 9.48 Å². The lowest BCUT2D eigenvalue weighted by atomic mass is 9.46. The Morgan fingerprint density at radius 1 is 1.17 bits per heavy atom. The number of aliphatic hydroxyl groups excluding tert-OH is 1. The fourth-order valence-electron chi connectivity index (χ4n) is 9.12. The van der Waals surface area contributed by atoms with Crippen molar-refractivity contribution in [3.8, 4) is 0 Å². The molecular weight excluding hydrogens is 465 g/mol. The maximum Gasteiger partial charge on any atom is 0.435 e. The van der Waals surface area contributed by atoms with Gasteiger partial charge in [0.25, 0.3) is 0 Å². The SMILES string of the molecule is C=C(O)CC[C@]1(CC)[C@H]2CC[C@]3(C)[C@@H](C(=O)Cn4ccc(C(F)(F)F)n4)CC[C@H]3[C@H]2CCCC1(C)C. The van der Waals surface area contributed by atoms with E-state index in [2.05, 4.69) is 39.4 Å². The van der Waals surface area contributed by atoms with E-state index in [1.165, 1.54) is 25.5 Å². The lowest BCUT2D eigenvalue weighted by Crippen LogP contribution is -2.51. The predicted molar refractivity (Wildman–Crippen MR) is 134 cm³/mol. The van der Waals surface area contributed by atoms with Crippen LogP contribution in [0.1, 0.15) is 97.6 Å². The molecule has 0 bridgehead atoms. The molecule has 1 heterocycles. The Kier molecular flexibility index (Phi) is 7.19. The molecule has 0 saturated heterocycles. The minimum atomic E-state index is -4.50. The number of aliphatic hydroxyl groups is 1. The zero-order chi connectivity index (χ0) is 26.5. The molecule has 3 fully saturated rings. The number of carbonyl (C=O) groups excluding carboxylic acids is 1. The summed E-state index contributed by atoms with van der Waals surface area (Å²) >= 11 is 0. The van der Waals surface area contributed by atoms with Crippen LogP contribution < -0.4 is 0 Å². The Labute approximate surface area is 213 Å². The number of alkyl halides is 3. The van der Waals surface area contributed by atoms with Crippen molar-refractivity contribution in [3.63, 3.8) is 0 Å². The van der Waals surface area contributed by atoms with Crippen LogP contribution >= 0.6 is 0 Å². The first-order valence-corrected chi connectivity index (χ1v) is 13.8. The molecule has 0 spiro atoms. The zero-order valence-electron chi connectivity index (χ0n) is 22.3. The highest BCUT2D eigenvalue weighted by Crippen LogP contribution is 2.68. The highest BCUT2D eigenvalue weighted by molar-refractivity contribution is 5.82. The Morgan fingerprint density at radius 3 is 2.50 bits per heavy atom. The van der Waals surface area contributed by atoms with Gasteiger partial charge in [0.1, 0.15) is 0 Å². The predicted octanol–water partition coefficient (Wildman–Crippen LogP) is 7.99. The molecule has 3 aliphatic carbocycles. The fraction of sp³-hybridized carbons (Fsp3) is 0.793. The average Bonchev–Trinajstić information content (AvgIpc) is 3.36. The Bertz CT molecular complexity index is 983. The van der Waals surface area contributed by atoms with Crippen LogP contribution in [0, 0.1) is 39.9 Å². The Morgan fingerprint density at radius 2 is 1.89 bits per heavy atom. The van der Waals surface area contributed by atoms with E-state index in [1.54, 1.807) is 0 Å². The molecule has 202 valence electrons. The number of allylic oxidation sites excluding steroid dienone is 1. The first-order chi connectivity index (χ1) is 16.7. The largest absolute Gasteiger partial charge is 0.513 e. The van der Waals surface area contributed by atoms with Crippen molar-refractivity contribution in [2.45, 2.75) is 105 Å². The van der Waals surface area contributed by atoms with E-state index < -0.39 is 11.9 Å². The molecule has 0 unspecified atom stereocenters. The van der Waals surface area contributed by atoms with E-state index >= 15 is 0 Å². The molecule has 0 aliphatic heterocycles. The monoisotopic (exact) mass is 508 g/mol. The van der Waals surface area contributed by atoms with E-state index in [9.17, 15) is 23.1 Å². The molecule has 7 heteroatoms. The van der Waals surface area contributed by atoms with Crippen molar-refractivity contribution in [1.29, 1.82) is 0 Å². The van der Waals surface area contributed by atoms with Crippen LogP contribution in [0.25, 0.3) is 0 Å². The summed E-state index contributed by atoms with van der Waals surface area (Å²) < 4.78 is 40.1. The van der Waals surface area contributed by atoms with Crippen LogP contribution in [0.5, 0.6) is 0 Å². The highest BCUT2D eigenvalue weighted by Gasteiger charge is 2.61. The first kappa shape index (κ1) is 27.3. The summed E-state index contributed by atoms with van der Waals surface area (Å²) in [7, 11) is 0. The minimum absolute atomic E-state index is 0.0163. The van der Waals surface area contributed by atoms with Crippen LogP contribution in [0.4, 0.5) is 13.2 Å². The summed E-state index contributed by atoms with van der Waals surface area (Å²) in [6.07, 6.45) is 6.78. The molecule has 3 saturated carbocycles. The van der Waals surface area contributed by atoms with Crippen LogP contribution in [-0.2, 0) is 17.5 Å². The molecular formula is C29H43F3N2O2. The van der Waals surface area contributed by atoms with Crippen molar-refractivity contribution in [3.05, 3.63) is 30.3 Å². The molecule has 4 rings (SSSR count). The summed E-state index contributed by atoms with van der Waals surface area (Å²) in [6, 6.07) is 0.941. The molecule has 1 aromatic rings. The van der Waals surface area contributed by atoms with Crippen molar-refractivity contribution < 1.29 is 23.1 Å². The Hall–Kier alpha value is -1.79. The normalized spacial score (nSPS) is 36.1. The van der Waals surface area contributed by atoms with Crippen LogP contribution in [-0.4, -0.2) is 20.7 Å². The fourth-order valence-corrected chi connectivity index (χ4v) is 9.12. The van der Waals surface area contributed by atoms with E-state index in [4.69, 9.17) is 0 Å². The average molecular weight is 509 g/mol. The molecule has 0 amide bonds. The number of nitrogens with zero attached hydrogens (tertiary/aromatic N) is 2. The summed E-state index contributed by atoms with van der Waals surface area (Å²) in [5, 5.41) is 13.6. The van der Waals surface area contributed by atoms with Gasteiger partial charge in [-0.05, 0) is 91.4 Å². The number of hydrogen-bond donors (Lipinski definition) is 1. The van der Waals surface area contributed by atoms with Gasteiger partial charge in [0.15, 0.2) is 11.5 Å². The van der Waals surface area contributed by atoms with Crippen LogP contribution in [0.15, 0.2) is 24.6 Å². The smallest absolute Gasteiger partial charge is 0.435 e. The number of aromatic nitrogens is 2. The topological polar surface area (TPSA) is 55.1 Å². The maximum absolute atomic E-state index is 13.4. The van der Waals surface area contributed by atoms with Gasteiger partial charge < -0.3 is 5.11 Å². The summed E-state index contributed by atoms with van der Waals surface area (Å²) in [5.74, 6) is 1.68. The molecule has 4 nitrogen and oxygen atoms in total. The number of hydrogen-bond acceptors (Lipinski definition) is 3. The van der Waals surface area contributed by atoms with Gasteiger partial charge in [-0.25, -0.2) is 0 Å². The number of rotatable bonds is 7. The highest BCUT2D eigenvalue weighted by atomic mass is 19.4. The van der Waals surface area contributed by atoms with E-state index in [-0.39, 0.29) is 40.3 Å². The third-order valence-corrected chi connectivity index (χ3v) is 11.0. The molecule has 0 aromatic carbocycles. The third-order valence-electron chi connectivity index (χ3n) is 11.0. The molecule has 0 radical (unpaired) electrons. The van der Waals surface area contributed by atoms with Gasteiger partial charge in [0.05, 0.1) is 12.3 Å². The van der Waals surface area contributed by atoms with Gasteiger partial charge in [-0.2, -0.15) is 18.3 Å². The number of carbonyl (C=O) groups is 1. The molecule has 36 heavy (non-hydrogen) atoms. The second kappa shape index (κ2) is 9.50. The second-order valence-electron chi connectivity index (χ2n) is 12.8. The third kappa shape index (κ3) is 4.53. The molecule has 1 aromatic heterocycles. The number of fused-ring (bicyclic) bond motifs is 3. The summed E-state index contributed by atoms with van der Waals surface area (Å²) in [4.78, 5) is 13.4. The quantitative estimate of drug-likeness (QED) is 0.380. The Balaban J connectivity index is 1.57. The van der Waals surface area contributed by atoms with Gasteiger partial charge >= 0.3 is 6.18 Å². The summed E-state index contributed by atoms with van der Waals surface area (Å²) in [6.45, 7) is 13.1. The van der Waals surface area contributed by atoms with Crippen molar-refractivity contribution in [2.75, 3.05) is 0 Å². The lowest BCUT2D eigenvalue weighted by molar-refractivity contribution is -0.142. The van der Waals surface area contributed by atoms with Crippen molar-refractivity contribution >= 4 is 5.78 Å². The van der Waals surface area contributed by atoms with Gasteiger partial charge in [-0.1, -0.05) is 40.7 Å². The van der Waals surface area contributed by atoms with Crippen molar-refractivity contribution in [2.24, 2.45) is 39.9 Å². The molecule has 6 atom stereocenters. The van der Waals surface area contributed by atoms with Gasteiger partial charge in [0, 0.05) is 18.5 Å². The van der Waals surface area contributed by atoms with E-state index in [1.807, 2.05) is 0 Å². The standard InChI is InChI=1S/C29H43F3N2O2/c1-6-28(16-11-19(2)35)22-12-15-27(5)21(20(22)8-7-14-26(28,3)4)9-10-23(27)24(36)18-34-17-13-25(33-34)29(30,31)32/h13,17,20-23,35H,2,6-12,14-16,18H2,1,3-5H3/t20-,21+,22+,23-,27+,28-/m1/s1. The molecule has 3 aliphatic rings. The number of Topliss-reactive ketones (excluding diaryl/α,β-unsaturated/α-hetero) is 1. The minimum Gasteiger partial charge on any atom is -0.513 e. The molecule has 1 N–H and O–H groups in total. The van der Waals surface area contributed by atoms with Gasteiger partial charge in [0.2, 0.25) is 0 Å². The van der Waals surface area contributed by atoms with E-state index in [0.717, 1.165) is 49.3 Å². The zero-order valence-corrected chi connectivity index (χ0v) is 22.3. The van der Waals surface area contributed by atoms with E-state index in [0.29, 0.717) is 24.2 Å². The maximum atomic E-state index is 13.4. The van der Waals surface area contributed by atoms with Crippen LogP contribution in [0.3, 0.4) is 0 Å².